The van der Waals surface area contributed by atoms with Gasteiger partial charge in [0.25, 0.3) is 0 Å². The summed E-state index contributed by atoms with van der Waals surface area (Å²) in [5, 5.41) is 1.81. The van der Waals surface area contributed by atoms with E-state index in [2.05, 4.69) is 0 Å². The second kappa shape index (κ2) is 8.26. The van der Waals surface area contributed by atoms with Crippen LogP contribution in [0.1, 0.15) is 25.6 Å². The number of para-hydroxylation sites is 1. The molecule has 2 aromatic carbocycles. The molecule has 0 fully saturated rings. The highest BCUT2D eigenvalue weighted by atomic mass is 32.1. The first kappa shape index (κ1) is 16.9. The molecule has 0 aliphatic rings. The summed E-state index contributed by atoms with van der Waals surface area (Å²) >= 11 is 1.33. The van der Waals surface area contributed by atoms with Crippen molar-refractivity contribution < 1.29 is 19.1 Å². The minimum atomic E-state index is -0.530. The highest BCUT2D eigenvalue weighted by Crippen LogP contribution is 2.16. The van der Waals surface area contributed by atoms with E-state index in [0.717, 1.165) is 5.75 Å². The van der Waals surface area contributed by atoms with Gasteiger partial charge in [0, 0.05) is 5.56 Å². The molecule has 0 N–H and O–H groups in total. The number of Topliss-reactive ketones (excluding diaryl/α,β-unsaturated/α-hetero) is 1. The molecule has 0 aliphatic heterocycles. The number of hydrogen-bond acceptors (Lipinski definition) is 5. The minimum absolute atomic E-state index is 0.207. The van der Waals surface area contributed by atoms with Gasteiger partial charge in [-0.15, -0.1) is 11.3 Å². The summed E-state index contributed by atoms with van der Waals surface area (Å²) < 4.78 is 10.9. The molecule has 3 rings (SSSR count). The molecule has 4 nitrogen and oxygen atoms in total. The van der Waals surface area contributed by atoms with Gasteiger partial charge in [0.05, 0.1) is 10.4 Å². The molecule has 1 heterocycles. The maximum atomic E-state index is 12.3. The predicted octanol–water partition coefficient (Wildman–Crippen LogP) is 4.37. The Morgan fingerprint density at radius 3 is 2.40 bits per heavy atom. The molecule has 5 heteroatoms. The first-order valence-electron chi connectivity index (χ1n) is 7.73. The highest BCUT2D eigenvalue weighted by Gasteiger charge is 2.15. The van der Waals surface area contributed by atoms with E-state index in [1.54, 1.807) is 30.3 Å². The molecule has 0 radical (unpaired) electrons. The number of thiophene rings is 1. The maximum Gasteiger partial charge on any atom is 0.338 e. The van der Waals surface area contributed by atoms with Gasteiger partial charge in [-0.3, -0.25) is 4.79 Å². The van der Waals surface area contributed by atoms with Crippen LogP contribution in [0.15, 0.2) is 72.1 Å². The molecule has 0 amide bonds. The van der Waals surface area contributed by atoms with Crippen LogP contribution in [0, 0.1) is 0 Å². The Balaban J connectivity index is 1.63. The van der Waals surface area contributed by atoms with Gasteiger partial charge in [0.2, 0.25) is 5.78 Å². The van der Waals surface area contributed by atoms with Crippen LogP contribution in [0.5, 0.6) is 5.75 Å². The van der Waals surface area contributed by atoms with Crippen LogP contribution in [-0.4, -0.2) is 18.4 Å². The first-order valence-corrected chi connectivity index (χ1v) is 8.61. The van der Waals surface area contributed by atoms with Crippen molar-refractivity contribution in [2.45, 2.75) is 6.61 Å². The van der Waals surface area contributed by atoms with E-state index in [-0.39, 0.29) is 19.0 Å². The fourth-order valence-electron chi connectivity index (χ4n) is 2.24. The quantitative estimate of drug-likeness (QED) is 0.468. The van der Waals surface area contributed by atoms with Crippen LogP contribution in [0.3, 0.4) is 0 Å². The van der Waals surface area contributed by atoms with E-state index in [0.29, 0.717) is 16.0 Å². The average Bonchev–Trinajstić information content (AvgIpc) is 3.20. The third kappa shape index (κ3) is 4.55. The summed E-state index contributed by atoms with van der Waals surface area (Å²) in [5.41, 5.74) is 1.11. The molecule has 0 unspecified atom stereocenters. The van der Waals surface area contributed by atoms with Crippen LogP contribution in [0.4, 0.5) is 0 Å². The van der Waals surface area contributed by atoms with Crippen LogP contribution in [0.2, 0.25) is 0 Å². The third-order valence-electron chi connectivity index (χ3n) is 3.51. The molecule has 0 saturated heterocycles. The van der Waals surface area contributed by atoms with Crippen molar-refractivity contribution in [1.29, 1.82) is 0 Å². The zero-order chi connectivity index (χ0) is 17.5. The Morgan fingerprint density at radius 1 is 0.880 bits per heavy atom. The standard InChI is InChI=1S/C20H16O4S/c21-18(19-11-6-12-25-19)14-24-20(22)17-10-5-4-7-15(17)13-23-16-8-2-1-3-9-16/h1-12H,13-14H2. The topological polar surface area (TPSA) is 52.6 Å². The van der Waals surface area contributed by atoms with Gasteiger partial charge in [-0.2, -0.15) is 0 Å². The van der Waals surface area contributed by atoms with Crippen LogP contribution < -0.4 is 4.74 Å². The lowest BCUT2D eigenvalue weighted by molar-refractivity contribution is 0.0473. The van der Waals surface area contributed by atoms with E-state index < -0.39 is 5.97 Å². The summed E-state index contributed by atoms with van der Waals surface area (Å²) in [5.74, 6) is -0.0166. The molecule has 0 aliphatic carbocycles. The summed E-state index contributed by atoms with van der Waals surface area (Å²) in [7, 11) is 0. The van der Waals surface area contributed by atoms with Gasteiger partial charge in [0.1, 0.15) is 12.4 Å². The molecule has 3 aromatic rings. The number of esters is 1. The normalized spacial score (nSPS) is 10.2. The number of ketones is 1. The number of ether oxygens (including phenoxy) is 2. The second-order valence-corrected chi connectivity index (χ2v) is 6.18. The van der Waals surface area contributed by atoms with E-state index in [1.807, 2.05) is 41.8 Å². The van der Waals surface area contributed by atoms with Crippen molar-refractivity contribution >= 4 is 23.1 Å². The number of carbonyl (C=O) groups is 2. The highest BCUT2D eigenvalue weighted by molar-refractivity contribution is 7.12. The number of hydrogen-bond donors (Lipinski definition) is 0. The van der Waals surface area contributed by atoms with Gasteiger partial charge < -0.3 is 9.47 Å². The fourth-order valence-corrected chi connectivity index (χ4v) is 2.89. The maximum absolute atomic E-state index is 12.3. The lowest BCUT2D eigenvalue weighted by Crippen LogP contribution is -2.15. The Morgan fingerprint density at radius 2 is 1.64 bits per heavy atom. The van der Waals surface area contributed by atoms with Gasteiger partial charge >= 0.3 is 5.97 Å². The van der Waals surface area contributed by atoms with Crippen LogP contribution in [-0.2, 0) is 11.3 Å². The van der Waals surface area contributed by atoms with Crippen molar-refractivity contribution in [3.8, 4) is 5.75 Å². The second-order valence-electron chi connectivity index (χ2n) is 5.24. The summed E-state index contributed by atoms with van der Waals surface area (Å²) in [6.07, 6.45) is 0. The van der Waals surface area contributed by atoms with E-state index >= 15 is 0 Å². The lowest BCUT2D eigenvalue weighted by atomic mass is 10.1. The van der Waals surface area contributed by atoms with E-state index in [1.165, 1.54) is 11.3 Å². The Kier molecular flexibility index (Phi) is 5.59. The van der Waals surface area contributed by atoms with Gasteiger partial charge in [-0.05, 0) is 29.6 Å². The summed E-state index contributed by atoms with van der Waals surface area (Å²) in [4.78, 5) is 24.8. The zero-order valence-electron chi connectivity index (χ0n) is 13.4. The lowest BCUT2D eigenvalue weighted by Gasteiger charge is -2.10. The summed E-state index contributed by atoms with van der Waals surface area (Å²) in [6.45, 7) is -0.0264. The predicted molar refractivity (Wildman–Crippen MR) is 96.1 cm³/mol. The van der Waals surface area contributed by atoms with Crippen LogP contribution >= 0.6 is 11.3 Å². The monoisotopic (exact) mass is 352 g/mol. The molecule has 0 saturated carbocycles. The largest absolute Gasteiger partial charge is 0.489 e. The van der Waals surface area contributed by atoms with Crippen LogP contribution in [0.25, 0.3) is 0 Å². The third-order valence-corrected chi connectivity index (χ3v) is 4.42. The molecule has 25 heavy (non-hydrogen) atoms. The van der Waals surface area contributed by atoms with Crippen molar-refractivity contribution in [3.63, 3.8) is 0 Å². The fraction of sp³-hybridized carbons (Fsp3) is 0.100. The Labute approximate surface area is 149 Å². The minimum Gasteiger partial charge on any atom is -0.489 e. The molecule has 1 aromatic heterocycles. The van der Waals surface area contributed by atoms with Crippen molar-refractivity contribution in [2.24, 2.45) is 0 Å². The molecule has 126 valence electrons. The van der Waals surface area contributed by atoms with E-state index in [9.17, 15) is 9.59 Å². The first-order chi connectivity index (χ1) is 12.2. The molecular weight excluding hydrogens is 336 g/mol. The summed E-state index contributed by atoms with van der Waals surface area (Å²) in [6, 6.07) is 19.9. The van der Waals surface area contributed by atoms with Crippen molar-refractivity contribution in [3.05, 3.63) is 88.1 Å². The van der Waals surface area contributed by atoms with Crippen molar-refractivity contribution in [1.82, 2.24) is 0 Å². The molecule has 0 atom stereocenters. The molecular formula is C20H16O4S. The Hall–Kier alpha value is -2.92. The van der Waals surface area contributed by atoms with Gasteiger partial charge in [-0.1, -0.05) is 42.5 Å². The Bertz CT molecular complexity index is 841. The number of benzene rings is 2. The number of rotatable bonds is 7. The molecule has 0 bridgehead atoms. The van der Waals surface area contributed by atoms with E-state index in [4.69, 9.17) is 9.47 Å². The SMILES string of the molecule is O=C(COC(=O)c1ccccc1COc1ccccc1)c1cccs1. The average molecular weight is 352 g/mol. The smallest absolute Gasteiger partial charge is 0.338 e. The molecule has 0 spiro atoms. The zero-order valence-corrected chi connectivity index (χ0v) is 14.2. The number of carbonyl (C=O) groups excluding carboxylic acids is 2. The van der Waals surface area contributed by atoms with Crippen molar-refractivity contribution in [2.75, 3.05) is 6.61 Å². The van der Waals surface area contributed by atoms with Gasteiger partial charge in [-0.25, -0.2) is 4.79 Å². The van der Waals surface area contributed by atoms with Gasteiger partial charge in [0.15, 0.2) is 6.61 Å².